The predicted molar refractivity (Wildman–Crippen MR) is 76.6 cm³/mol. The van der Waals surface area contributed by atoms with E-state index in [2.05, 4.69) is 15.0 Å². The number of alkyl halides is 3. The summed E-state index contributed by atoms with van der Waals surface area (Å²) < 4.78 is 40.5. The molecule has 0 bridgehead atoms. The van der Waals surface area contributed by atoms with E-state index in [1.54, 1.807) is 12.1 Å². The summed E-state index contributed by atoms with van der Waals surface area (Å²) in [5.41, 5.74) is 0.949. The molecule has 7 heteroatoms. The summed E-state index contributed by atoms with van der Waals surface area (Å²) in [4.78, 5) is 2.30. The van der Waals surface area contributed by atoms with Gasteiger partial charge in [-0.15, -0.1) is 13.2 Å². The predicted octanol–water partition coefficient (Wildman–Crippen LogP) is 2.30. The average molecular weight is 318 g/mol. The van der Waals surface area contributed by atoms with Crippen molar-refractivity contribution in [1.29, 1.82) is 0 Å². The molecule has 1 aliphatic heterocycles. The highest BCUT2D eigenvalue weighted by molar-refractivity contribution is 5.29. The van der Waals surface area contributed by atoms with E-state index >= 15 is 0 Å². The SMILES string of the molecule is OCCC[C@@H](c1ccc(OC(F)(F)F)cc1)N1CCNCC1. The second kappa shape index (κ2) is 7.80. The van der Waals surface area contributed by atoms with E-state index < -0.39 is 6.36 Å². The zero-order valence-electron chi connectivity index (χ0n) is 12.3. The van der Waals surface area contributed by atoms with Crippen LogP contribution in [0.4, 0.5) is 13.2 Å². The summed E-state index contributed by atoms with van der Waals surface area (Å²) in [6, 6.07) is 6.14. The Balaban J connectivity index is 2.09. The molecule has 2 rings (SSSR count). The molecule has 124 valence electrons. The van der Waals surface area contributed by atoms with Gasteiger partial charge in [-0.3, -0.25) is 4.90 Å². The molecule has 1 aromatic carbocycles. The molecule has 1 saturated heterocycles. The van der Waals surface area contributed by atoms with Crippen molar-refractivity contribution in [2.75, 3.05) is 32.8 Å². The van der Waals surface area contributed by atoms with Crippen LogP contribution in [0.1, 0.15) is 24.4 Å². The first-order valence-corrected chi connectivity index (χ1v) is 7.41. The van der Waals surface area contributed by atoms with Gasteiger partial charge in [0.05, 0.1) is 0 Å². The number of nitrogens with zero attached hydrogens (tertiary/aromatic N) is 1. The Morgan fingerprint density at radius 2 is 1.82 bits per heavy atom. The van der Waals surface area contributed by atoms with Crippen LogP contribution in [0.15, 0.2) is 24.3 Å². The summed E-state index contributed by atoms with van der Waals surface area (Å²) in [6.07, 6.45) is -3.23. The Kier molecular flexibility index (Phi) is 6.05. The van der Waals surface area contributed by atoms with Gasteiger partial charge >= 0.3 is 6.36 Å². The van der Waals surface area contributed by atoms with Crippen molar-refractivity contribution in [3.8, 4) is 5.75 Å². The smallest absolute Gasteiger partial charge is 0.406 e. The summed E-state index contributed by atoms with van der Waals surface area (Å²) in [5, 5.41) is 12.3. The molecule has 0 saturated carbocycles. The van der Waals surface area contributed by atoms with Crippen LogP contribution in [0, 0.1) is 0 Å². The van der Waals surface area contributed by atoms with Crippen LogP contribution in [-0.4, -0.2) is 49.2 Å². The van der Waals surface area contributed by atoms with E-state index in [1.807, 2.05) is 0 Å². The summed E-state index contributed by atoms with van der Waals surface area (Å²) in [6.45, 7) is 3.67. The molecule has 0 unspecified atom stereocenters. The fourth-order valence-corrected chi connectivity index (χ4v) is 2.73. The molecule has 1 aliphatic rings. The fourth-order valence-electron chi connectivity index (χ4n) is 2.73. The number of hydrogen-bond acceptors (Lipinski definition) is 4. The lowest BCUT2D eigenvalue weighted by atomic mass is 9.99. The normalized spacial score (nSPS) is 18.2. The first-order valence-electron chi connectivity index (χ1n) is 7.41. The number of aliphatic hydroxyl groups is 1. The van der Waals surface area contributed by atoms with Gasteiger partial charge in [0.25, 0.3) is 0 Å². The largest absolute Gasteiger partial charge is 0.573 e. The minimum atomic E-state index is -4.67. The highest BCUT2D eigenvalue weighted by atomic mass is 19.4. The molecule has 0 radical (unpaired) electrons. The minimum Gasteiger partial charge on any atom is -0.406 e. The first-order chi connectivity index (χ1) is 10.5. The van der Waals surface area contributed by atoms with Crippen LogP contribution in [0.2, 0.25) is 0 Å². The monoisotopic (exact) mass is 318 g/mol. The highest BCUT2D eigenvalue weighted by Crippen LogP contribution is 2.29. The van der Waals surface area contributed by atoms with Crippen LogP contribution >= 0.6 is 0 Å². The molecule has 1 atom stereocenters. The van der Waals surface area contributed by atoms with Crippen LogP contribution < -0.4 is 10.1 Å². The number of halogens is 3. The Morgan fingerprint density at radius 1 is 1.18 bits per heavy atom. The maximum absolute atomic E-state index is 12.2. The molecule has 0 amide bonds. The maximum atomic E-state index is 12.2. The summed E-state index contributed by atoms with van der Waals surface area (Å²) in [7, 11) is 0. The number of ether oxygens (including phenoxy) is 1. The van der Waals surface area contributed by atoms with Crippen LogP contribution in [0.25, 0.3) is 0 Å². The molecule has 1 heterocycles. The topological polar surface area (TPSA) is 44.7 Å². The van der Waals surface area contributed by atoms with E-state index in [1.165, 1.54) is 12.1 Å². The van der Waals surface area contributed by atoms with Gasteiger partial charge in [-0.2, -0.15) is 0 Å². The van der Waals surface area contributed by atoms with E-state index in [-0.39, 0.29) is 18.4 Å². The van der Waals surface area contributed by atoms with Crippen molar-refractivity contribution in [2.45, 2.75) is 25.2 Å². The molecular weight excluding hydrogens is 297 g/mol. The minimum absolute atomic E-state index is 0.106. The van der Waals surface area contributed by atoms with Crippen molar-refractivity contribution < 1.29 is 23.0 Å². The van der Waals surface area contributed by atoms with E-state index in [0.29, 0.717) is 6.42 Å². The quantitative estimate of drug-likeness (QED) is 0.845. The third-order valence-corrected chi connectivity index (χ3v) is 3.73. The number of benzene rings is 1. The first kappa shape index (κ1) is 17.1. The van der Waals surface area contributed by atoms with Gasteiger partial charge in [0.15, 0.2) is 0 Å². The molecule has 22 heavy (non-hydrogen) atoms. The third kappa shape index (κ3) is 5.15. The Bertz CT molecular complexity index is 445. The molecule has 0 spiro atoms. The molecule has 0 aromatic heterocycles. The second-order valence-corrected chi connectivity index (χ2v) is 5.28. The van der Waals surface area contributed by atoms with Gasteiger partial charge < -0.3 is 15.2 Å². The van der Waals surface area contributed by atoms with Crippen LogP contribution in [0.5, 0.6) is 5.75 Å². The van der Waals surface area contributed by atoms with Crippen molar-refractivity contribution in [3.63, 3.8) is 0 Å². The van der Waals surface area contributed by atoms with Crippen molar-refractivity contribution in [1.82, 2.24) is 10.2 Å². The zero-order valence-corrected chi connectivity index (χ0v) is 12.3. The van der Waals surface area contributed by atoms with Gasteiger partial charge in [0, 0.05) is 38.8 Å². The summed E-state index contributed by atoms with van der Waals surface area (Å²) >= 11 is 0. The lowest BCUT2D eigenvalue weighted by Crippen LogP contribution is -2.45. The summed E-state index contributed by atoms with van der Waals surface area (Å²) in [5.74, 6) is -0.211. The molecule has 1 fully saturated rings. The van der Waals surface area contributed by atoms with Gasteiger partial charge in [-0.1, -0.05) is 12.1 Å². The third-order valence-electron chi connectivity index (χ3n) is 3.73. The van der Waals surface area contributed by atoms with Gasteiger partial charge in [-0.05, 0) is 30.5 Å². The number of aliphatic hydroxyl groups excluding tert-OH is 1. The van der Waals surface area contributed by atoms with Crippen molar-refractivity contribution in [2.24, 2.45) is 0 Å². The Labute approximate surface area is 127 Å². The molecule has 0 aliphatic carbocycles. The van der Waals surface area contributed by atoms with E-state index in [4.69, 9.17) is 5.11 Å². The van der Waals surface area contributed by atoms with Crippen LogP contribution in [-0.2, 0) is 0 Å². The maximum Gasteiger partial charge on any atom is 0.573 e. The lowest BCUT2D eigenvalue weighted by Gasteiger charge is -2.35. The Hall–Kier alpha value is -1.31. The van der Waals surface area contributed by atoms with Crippen molar-refractivity contribution >= 4 is 0 Å². The number of rotatable bonds is 6. The van der Waals surface area contributed by atoms with E-state index in [0.717, 1.165) is 38.2 Å². The standard InChI is InChI=1S/C15H21F3N2O2/c16-15(17,18)22-13-5-3-12(4-6-13)14(2-1-11-21)20-9-7-19-8-10-20/h3-6,14,19,21H,1-2,7-11H2/t14-/m0/s1. The van der Waals surface area contributed by atoms with E-state index in [9.17, 15) is 13.2 Å². The molecule has 1 aromatic rings. The Morgan fingerprint density at radius 3 is 2.36 bits per heavy atom. The van der Waals surface area contributed by atoms with Gasteiger partial charge in [-0.25, -0.2) is 0 Å². The molecule has 2 N–H and O–H groups in total. The fraction of sp³-hybridized carbons (Fsp3) is 0.600. The number of piperazine rings is 1. The zero-order chi connectivity index (χ0) is 16.0. The molecule has 4 nitrogen and oxygen atoms in total. The van der Waals surface area contributed by atoms with Gasteiger partial charge in [0.1, 0.15) is 5.75 Å². The van der Waals surface area contributed by atoms with Gasteiger partial charge in [0.2, 0.25) is 0 Å². The lowest BCUT2D eigenvalue weighted by molar-refractivity contribution is -0.274. The number of nitrogens with one attached hydrogen (secondary N) is 1. The second-order valence-electron chi connectivity index (χ2n) is 5.28. The van der Waals surface area contributed by atoms with Crippen LogP contribution in [0.3, 0.4) is 0 Å². The highest BCUT2D eigenvalue weighted by Gasteiger charge is 2.31. The average Bonchev–Trinajstić information content (AvgIpc) is 2.49. The number of hydrogen-bond donors (Lipinski definition) is 2. The van der Waals surface area contributed by atoms with Crippen molar-refractivity contribution in [3.05, 3.63) is 29.8 Å². The molecular formula is C15H21F3N2O2.